The van der Waals surface area contributed by atoms with Crippen LogP contribution in [0.15, 0.2) is 52.9 Å². The first kappa shape index (κ1) is 18.2. The zero-order valence-corrected chi connectivity index (χ0v) is 16.7. The molecule has 0 radical (unpaired) electrons. The van der Waals surface area contributed by atoms with E-state index in [0.717, 1.165) is 4.88 Å². The molecule has 0 atom stereocenters. The number of hydrogen-bond acceptors (Lipinski definition) is 6. The fourth-order valence-corrected chi connectivity index (χ4v) is 3.97. The van der Waals surface area contributed by atoms with Crippen molar-refractivity contribution in [2.45, 2.75) is 5.03 Å². The summed E-state index contributed by atoms with van der Waals surface area (Å²) in [6.07, 6.45) is 0. The molecule has 1 aromatic carbocycles. The lowest BCUT2D eigenvalue weighted by molar-refractivity contribution is -0.113. The molecule has 27 heavy (non-hydrogen) atoms. The number of carbonyl (C=O) groups is 1. The van der Waals surface area contributed by atoms with E-state index in [4.69, 9.17) is 23.2 Å². The number of thiophene rings is 1. The Bertz CT molecular complexity index is 1110. The molecule has 4 rings (SSSR count). The summed E-state index contributed by atoms with van der Waals surface area (Å²) in [5.74, 6) is 0.722. The minimum atomic E-state index is -0.164. The minimum absolute atomic E-state index is 0.164. The third-order valence-electron chi connectivity index (χ3n) is 3.53. The van der Waals surface area contributed by atoms with Gasteiger partial charge in [0.05, 0.1) is 20.7 Å². The Balaban J connectivity index is 1.46. The molecule has 3 aromatic heterocycles. The lowest BCUT2D eigenvalue weighted by Crippen LogP contribution is -2.14. The summed E-state index contributed by atoms with van der Waals surface area (Å²) in [4.78, 5) is 13.2. The number of hydrogen-bond donors (Lipinski definition) is 1. The molecule has 3 heterocycles. The van der Waals surface area contributed by atoms with E-state index in [0.29, 0.717) is 32.2 Å². The predicted molar refractivity (Wildman–Crippen MR) is 110 cm³/mol. The van der Waals surface area contributed by atoms with Crippen LogP contribution in [0.4, 0.5) is 5.69 Å². The molecule has 0 saturated carbocycles. The molecule has 0 saturated heterocycles. The average molecular weight is 436 g/mol. The van der Waals surface area contributed by atoms with Gasteiger partial charge >= 0.3 is 0 Å². The standard InChI is InChI=1S/C17H11Cl2N5OS2/c18-11-4-3-10(8-12(11)19)20-15(25)9-27-16-6-5-14-21-22-17(24(14)23-16)13-2-1-7-26-13/h1-8H,9H2,(H,20,25). The second-order valence-electron chi connectivity index (χ2n) is 5.41. The van der Waals surface area contributed by atoms with Crippen molar-refractivity contribution in [2.24, 2.45) is 0 Å². The number of nitrogens with zero attached hydrogens (tertiary/aromatic N) is 4. The zero-order valence-electron chi connectivity index (χ0n) is 13.6. The highest BCUT2D eigenvalue weighted by Gasteiger charge is 2.12. The van der Waals surface area contributed by atoms with Crippen LogP contribution in [0.1, 0.15) is 0 Å². The number of rotatable bonds is 5. The average Bonchev–Trinajstić information content (AvgIpc) is 3.32. The van der Waals surface area contributed by atoms with Crippen LogP contribution < -0.4 is 5.32 Å². The van der Waals surface area contributed by atoms with E-state index < -0.39 is 0 Å². The molecular formula is C17H11Cl2N5OS2. The largest absolute Gasteiger partial charge is 0.325 e. The fourth-order valence-electron chi connectivity index (χ4n) is 2.32. The normalized spacial score (nSPS) is 11.0. The van der Waals surface area contributed by atoms with Crippen LogP contribution in [0, 0.1) is 0 Å². The van der Waals surface area contributed by atoms with E-state index in [1.807, 2.05) is 29.6 Å². The van der Waals surface area contributed by atoms with Crippen LogP contribution in [0.5, 0.6) is 0 Å². The molecule has 0 fully saturated rings. The number of amides is 1. The molecule has 0 aliphatic rings. The van der Waals surface area contributed by atoms with Crippen molar-refractivity contribution < 1.29 is 4.79 Å². The van der Waals surface area contributed by atoms with Gasteiger partial charge in [0.2, 0.25) is 5.91 Å². The Labute approximate surface area is 172 Å². The van der Waals surface area contributed by atoms with E-state index in [1.54, 1.807) is 34.1 Å². The number of nitrogens with one attached hydrogen (secondary N) is 1. The molecule has 1 amide bonds. The lowest BCUT2D eigenvalue weighted by Gasteiger charge is -2.06. The molecule has 1 N–H and O–H groups in total. The highest BCUT2D eigenvalue weighted by atomic mass is 35.5. The van der Waals surface area contributed by atoms with Crippen molar-refractivity contribution in [3.05, 3.63) is 57.9 Å². The molecule has 0 bridgehead atoms. The van der Waals surface area contributed by atoms with E-state index in [2.05, 4.69) is 20.6 Å². The number of thioether (sulfide) groups is 1. The van der Waals surface area contributed by atoms with Crippen molar-refractivity contribution >= 4 is 63.5 Å². The van der Waals surface area contributed by atoms with E-state index in [-0.39, 0.29) is 11.7 Å². The fraction of sp³-hybridized carbons (Fsp3) is 0.0588. The maximum Gasteiger partial charge on any atom is 0.234 e. The SMILES string of the molecule is O=C(CSc1ccc2nnc(-c3cccs3)n2n1)Nc1ccc(Cl)c(Cl)c1. The molecule has 136 valence electrons. The van der Waals surface area contributed by atoms with Gasteiger partial charge in [-0.2, -0.15) is 9.61 Å². The molecule has 6 nitrogen and oxygen atoms in total. The highest BCUT2D eigenvalue weighted by Crippen LogP contribution is 2.26. The Morgan fingerprint density at radius 1 is 1.15 bits per heavy atom. The Morgan fingerprint density at radius 2 is 2.04 bits per heavy atom. The van der Waals surface area contributed by atoms with Gasteiger partial charge in [-0.05, 0) is 41.8 Å². The summed E-state index contributed by atoms with van der Waals surface area (Å²) in [6, 6.07) is 12.5. The summed E-state index contributed by atoms with van der Waals surface area (Å²) in [5.41, 5.74) is 1.25. The van der Waals surface area contributed by atoms with Gasteiger partial charge in [0, 0.05) is 5.69 Å². The first-order chi connectivity index (χ1) is 13.1. The Morgan fingerprint density at radius 3 is 2.81 bits per heavy atom. The van der Waals surface area contributed by atoms with Gasteiger partial charge in [-0.15, -0.1) is 21.5 Å². The smallest absolute Gasteiger partial charge is 0.234 e. The number of halogens is 2. The van der Waals surface area contributed by atoms with E-state index in [9.17, 15) is 4.79 Å². The summed E-state index contributed by atoms with van der Waals surface area (Å²) >= 11 is 14.7. The molecule has 0 aliphatic heterocycles. The zero-order chi connectivity index (χ0) is 18.8. The second kappa shape index (κ2) is 7.85. The van der Waals surface area contributed by atoms with E-state index >= 15 is 0 Å². The first-order valence-electron chi connectivity index (χ1n) is 7.74. The van der Waals surface area contributed by atoms with Gasteiger partial charge in [0.1, 0.15) is 5.03 Å². The lowest BCUT2D eigenvalue weighted by atomic mass is 10.3. The van der Waals surface area contributed by atoms with Crippen LogP contribution >= 0.6 is 46.3 Å². The maximum absolute atomic E-state index is 12.2. The molecule has 10 heteroatoms. The third-order valence-corrected chi connectivity index (χ3v) is 6.06. The quantitative estimate of drug-likeness (QED) is 0.451. The van der Waals surface area contributed by atoms with Gasteiger partial charge in [0.25, 0.3) is 0 Å². The Hall–Kier alpha value is -2.13. The maximum atomic E-state index is 12.2. The minimum Gasteiger partial charge on any atom is -0.325 e. The van der Waals surface area contributed by atoms with Crippen molar-refractivity contribution in [1.29, 1.82) is 0 Å². The van der Waals surface area contributed by atoms with Crippen LogP contribution in [0.3, 0.4) is 0 Å². The number of fused-ring (bicyclic) bond motifs is 1. The van der Waals surface area contributed by atoms with Crippen molar-refractivity contribution in [3.63, 3.8) is 0 Å². The van der Waals surface area contributed by atoms with Gasteiger partial charge in [-0.3, -0.25) is 4.79 Å². The summed E-state index contributed by atoms with van der Waals surface area (Å²) < 4.78 is 1.69. The number of anilines is 1. The van der Waals surface area contributed by atoms with Crippen LogP contribution in [-0.4, -0.2) is 31.5 Å². The van der Waals surface area contributed by atoms with Gasteiger partial charge in [-0.25, -0.2) is 0 Å². The Kier molecular flexibility index (Phi) is 5.31. The number of aromatic nitrogens is 4. The first-order valence-corrected chi connectivity index (χ1v) is 10.4. The molecule has 0 spiro atoms. The highest BCUT2D eigenvalue weighted by molar-refractivity contribution is 7.99. The van der Waals surface area contributed by atoms with Gasteiger partial charge < -0.3 is 5.32 Å². The second-order valence-corrected chi connectivity index (χ2v) is 8.17. The van der Waals surface area contributed by atoms with Crippen LogP contribution in [-0.2, 0) is 4.79 Å². The predicted octanol–water partition coefficient (Wildman–Crippen LogP) is 4.89. The number of benzene rings is 1. The molecular weight excluding hydrogens is 425 g/mol. The number of carbonyl (C=O) groups excluding carboxylic acids is 1. The molecule has 4 aromatic rings. The topological polar surface area (TPSA) is 72.2 Å². The van der Waals surface area contributed by atoms with Gasteiger partial charge in [-0.1, -0.05) is 41.0 Å². The van der Waals surface area contributed by atoms with Crippen molar-refractivity contribution in [2.75, 3.05) is 11.1 Å². The molecule has 0 aliphatic carbocycles. The summed E-state index contributed by atoms with van der Waals surface area (Å²) in [5, 5.41) is 19.2. The van der Waals surface area contributed by atoms with Crippen LogP contribution in [0.25, 0.3) is 16.3 Å². The summed E-state index contributed by atoms with van der Waals surface area (Å²) in [7, 11) is 0. The van der Waals surface area contributed by atoms with E-state index in [1.165, 1.54) is 11.8 Å². The monoisotopic (exact) mass is 435 g/mol. The summed E-state index contributed by atoms with van der Waals surface area (Å²) in [6.45, 7) is 0. The molecule has 0 unspecified atom stereocenters. The van der Waals surface area contributed by atoms with Crippen LogP contribution in [0.2, 0.25) is 10.0 Å². The van der Waals surface area contributed by atoms with Crippen molar-refractivity contribution in [1.82, 2.24) is 19.8 Å². The van der Waals surface area contributed by atoms with Crippen molar-refractivity contribution in [3.8, 4) is 10.7 Å². The van der Waals surface area contributed by atoms with Gasteiger partial charge in [0.15, 0.2) is 11.5 Å². The third kappa shape index (κ3) is 4.08.